The molecule has 0 aliphatic carbocycles. The Morgan fingerprint density at radius 3 is 2.45 bits per heavy atom. The average molecular weight is 318 g/mol. The maximum Gasteiger partial charge on any atom is 0.307 e. The SMILES string of the molecule is CC(C)Cc1ccc([C@H](C)NC(=O)Cn2ccsc2=O)cc1. The summed E-state index contributed by atoms with van der Waals surface area (Å²) in [6, 6.07) is 8.26. The Morgan fingerprint density at radius 1 is 1.23 bits per heavy atom. The Kier molecular flexibility index (Phi) is 5.55. The summed E-state index contributed by atoms with van der Waals surface area (Å²) in [6.07, 6.45) is 2.69. The van der Waals surface area contributed by atoms with Gasteiger partial charge in [-0.1, -0.05) is 49.4 Å². The van der Waals surface area contributed by atoms with Gasteiger partial charge in [-0.15, -0.1) is 0 Å². The number of nitrogens with one attached hydrogen (secondary N) is 1. The lowest BCUT2D eigenvalue weighted by atomic mass is 10.00. The largest absolute Gasteiger partial charge is 0.348 e. The number of hydrogen-bond acceptors (Lipinski definition) is 3. The van der Waals surface area contributed by atoms with E-state index in [1.807, 2.05) is 6.92 Å². The fourth-order valence-electron chi connectivity index (χ4n) is 2.35. The Labute approximate surface area is 134 Å². The van der Waals surface area contributed by atoms with Gasteiger partial charge in [-0.2, -0.15) is 0 Å². The number of carbonyl (C=O) groups is 1. The lowest BCUT2D eigenvalue weighted by Crippen LogP contribution is -2.32. The maximum atomic E-state index is 12.0. The van der Waals surface area contributed by atoms with Crippen LogP contribution in [0.5, 0.6) is 0 Å². The number of aromatic nitrogens is 1. The topological polar surface area (TPSA) is 51.1 Å². The van der Waals surface area contributed by atoms with Crippen molar-refractivity contribution in [2.75, 3.05) is 0 Å². The van der Waals surface area contributed by atoms with Gasteiger partial charge in [0.25, 0.3) is 0 Å². The zero-order valence-corrected chi connectivity index (χ0v) is 14.0. The molecule has 118 valence electrons. The highest BCUT2D eigenvalue weighted by Crippen LogP contribution is 2.15. The monoisotopic (exact) mass is 318 g/mol. The highest BCUT2D eigenvalue weighted by Gasteiger charge is 2.11. The highest BCUT2D eigenvalue weighted by molar-refractivity contribution is 7.07. The van der Waals surface area contributed by atoms with E-state index >= 15 is 0 Å². The van der Waals surface area contributed by atoms with Gasteiger partial charge in [-0.05, 0) is 30.4 Å². The van der Waals surface area contributed by atoms with Crippen molar-refractivity contribution in [3.63, 3.8) is 0 Å². The van der Waals surface area contributed by atoms with Gasteiger partial charge in [-0.3, -0.25) is 14.2 Å². The molecule has 2 rings (SSSR count). The first kappa shape index (κ1) is 16.5. The molecular weight excluding hydrogens is 296 g/mol. The van der Waals surface area contributed by atoms with Gasteiger partial charge in [0, 0.05) is 11.6 Å². The first-order valence-corrected chi connectivity index (χ1v) is 8.36. The van der Waals surface area contributed by atoms with Crippen molar-refractivity contribution in [2.45, 2.75) is 39.8 Å². The van der Waals surface area contributed by atoms with E-state index in [1.165, 1.54) is 10.1 Å². The summed E-state index contributed by atoms with van der Waals surface area (Å²) < 4.78 is 1.42. The van der Waals surface area contributed by atoms with Crippen LogP contribution >= 0.6 is 11.3 Å². The van der Waals surface area contributed by atoms with Crippen molar-refractivity contribution >= 4 is 17.2 Å². The third-order valence-corrected chi connectivity index (χ3v) is 4.15. The van der Waals surface area contributed by atoms with Crippen LogP contribution in [0.4, 0.5) is 0 Å². The van der Waals surface area contributed by atoms with Gasteiger partial charge < -0.3 is 5.32 Å². The lowest BCUT2D eigenvalue weighted by Gasteiger charge is -2.15. The number of amides is 1. The third kappa shape index (κ3) is 4.56. The van der Waals surface area contributed by atoms with Crippen molar-refractivity contribution in [3.05, 3.63) is 56.6 Å². The predicted molar refractivity (Wildman–Crippen MR) is 90.1 cm³/mol. The van der Waals surface area contributed by atoms with E-state index in [0.717, 1.165) is 23.3 Å². The average Bonchev–Trinajstić information content (AvgIpc) is 2.84. The number of thiazole rings is 1. The molecule has 22 heavy (non-hydrogen) atoms. The number of nitrogens with zero attached hydrogens (tertiary/aromatic N) is 1. The number of hydrogen-bond donors (Lipinski definition) is 1. The summed E-state index contributed by atoms with van der Waals surface area (Å²) in [5.41, 5.74) is 2.38. The summed E-state index contributed by atoms with van der Waals surface area (Å²) in [5.74, 6) is 0.478. The van der Waals surface area contributed by atoms with Gasteiger partial charge >= 0.3 is 4.87 Å². The Morgan fingerprint density at radius 2 is 1.91 bits per heavy atom. The van der Waals surface area contributed by atoms with Crippen LogP contribution in [0.3, 0.4) is 0 Å². The Bertz CT molecular complexity index is 670. The summed E-state index contributed by atoms with van der Waals surface area (Å²) >= 11 is 1.10. The second kappa shape index (κ2) is 7.40. The van der Waals surface area contributed by atoms with E-state index in [9.17, 15) is 9.59 Å². The molecule has 1 amide bonds. The first-order chi connectivity index (χ1) is 10.5. The number of rotatable bonds is 6. The maximum absolute atomic E-state index is 12.0. The van der Waals surface area contributed by atoms with Crippen LogP contribution in [0.25, 0.3) is 0 Å². The molecule has 0 saturated carbocycles. The van der Waals surface area contributed by atoms with E-state index < -0.39 is 0 Å². The van der Waals surface area contributed by atoms with Crippen LogP contribution in [0.1, 0.15) is 37.9 Å². The normalized spacial score (nSPS) is 12.4. The molecule has 1 heterocycles. The second-order valence-electron chi connectivity index (χ2n) is 5.93. The summed E-state index contributed by atoms with van der Waals surface area (Å²) in [5, 5.41) is 4.61. The molecule has 0 saturated heterocycles. The van der Waals surface area contributed by atoms with Crippen LogP contribution in [0.2, 0.25) is 0 Å². The van der Waals surface area contributed by atoms with Crippen molar-refractivity contribution in [1.82, 2.24) is 9.88 Å². The van der Waals surface area contributed by atoms with Crippen LogP contribution in [0.15, 0.2) is 40.6 Å². The van der Waals surface area contributed by atoms with E-state index in [2.05, 4.69) is 43.4 Å². The quantitative estimate of drug-likeness (QED) is 0.890. The molecule has 1 atom stereocenters. The predicted octanol–water partition coefficient (Wildman–Crippen LogP) is 2.99. The highest BCUT2D eigenvalue weighted by atomic mass is 32.1. The van der Waals surface area contributed by atoms with Gasteiger partial charge in [0.15, 0.2) is 0 Å². The summed E-state index contributed by atoms with van der Waals surface area (Å²) in [7, 11) is 0. The Hall–Kier alpha value is -1.88. The summed E-state index contributed by atoms with van der Waals surface area (Å²) in [6.45, 7) is 6.41. The molecule has 2 aromatic rings. The van der Waals surface area contributed by atoms with Crippen molar-refractivity contribution in [1.29, 1.82) is 0 Å². The van der Waals surface area contributed by atoms with Crippen molar-refractivity contribution in [2.24, 2.45) is 5.92 Å². The molecule has 0 radical (unpaired) electrons. The Balaban J connectivity index is 1.93. The van der Waals surface area contributed by atoms with Gasteiger partial charge in [0.2, 0.25) is 5.91 Å². The van der Waals surface area contributed by atoms with Crippen molar-refractivity contribution in [3.8, 4) is 0 Å². The van der Waals surface area contributed by atoms with E-state index in [-0.39, 0.29) is 23.4 Å². The minimum atomic E-state index is -0.153. The standard InChI is InChI=1S/C17H22N2O2S/c1-12(2)10-14-4-6-15(7-5-14)13(3)18-16(20)11-19-8-9-22-17(19)21/h4-9,12-13H,10-11H2,1-3H3,(H,18,20)/t13-/m0/s1. The van der Waals surface area contributed by atoms with Gasteiger partial charge in [0.1, 0.15) is 6.54 Å². The molecular formula is C17H22N2O2S. The van der Waals surface area contributed by atoms with E-state index in [0.29, 0.717) is 5.92 Å². The molecule has 0 fully saturated rings. The minimum absolute atomic E-state index is 0.0676. The van der Waals surface area contributed by atoms with Crippen LogP contribution < -0.4 is 10.2 Å². The third-order valence-electron chi connectivity index (χ3n) is 3.46. The minimum Gasteiger partial charge on any atom is -0.348 e. The zero-order valence-electron chi connectivity index (χ0n) is 13.2. The van der Waals surface area contributed by atoms with E-state index in [1.54, 1.807) is 11.6 Å². The fourth-order valence-corrected chi connectivity index (χ4v) is 2.93. The molecule has 1 aromatic carbocycles. The summed E-state index contributed by atoms with van der Waals surface area (Å²) in [4.78, 5) is 23.3. The molecule has 0 spiro atoms. The molecule has 0 aliphatic heterocycles. The van der Waals surface area contributed by atoms with Gasteiger partial charge in [-0.25, -0.2) is 0 Å². The van der Waals surface area contributed by atoms with Crippen LogP contribution in [-0.2, 0) is 17.8 Å². The fraction of sp³-hybridized carbons (Fsp3) is 0.412. The van der Waals surface area contributed by atoms with E-state index in [4.69, 9.17) is 0 Å². The molecule has 5 heteroatoms. The second-order valence-corrected chi connectivity index (χ2v) is 6.78. The molecule has 0 bridgehead atoms. The van der Waals surface area contributed by atoms with Gasteiger partial charge in [0.05, 0.1) is 6.04 Å². The molecule has 0 aliphatic rings. The number of carbonyl (C=O) groups excluding carboxylic acids is 1. The van der Waals surface area contributed by atoms with Crippen molar-refractivity contribution < 1.29 is 4.79 Å². The van der Waals surface area contributed by atoms with Crippen LogP contribution in [-0.4, -0.2) is 10.5 Å². The molecule has 1 N–H and O–H groups in total. The molecule has 4 nitrogen and oxygen atoms in total. The molecule has 1 aromatic heterocycles. The lowest BCUT2D eigenvalue weighted by molar-refractivity contribution is -0.122. The number of benzene rings is 1. The molecule has 0 unspecified atom stereocenters. The van der Waals surface area contributed by atoms with Crippen LogP contribution in [0, 0.1) is 5.92 Å². The zero-order chi connectivity index (χ0) is 16.1. The smallest absolute Gasteiger partial charge is 0.307 e. The first-order valence-electron chi connectivity index (χ1n) is 7.48.